The molecule has 4 nitrogen and oxygen atoms in total. The van der Waals surface area contributed by atoms with Crippen LogP contribution in [-0.2, 0) is 6.42 Å². The molecular weight excluding hydrogens is 231 g/mol. The van der Waals surface area contributed by atoms with Gasteiger partial charge >= 0.3 is 0 Å². The average molecular weight is 241 g/mol. The second kappa shape index (κ2) is 4.59. The first-order valence-corrected chi connectivity index (χ1v) is 5.09. The molecule has 1 heterocycles. The molecule has 0 saturated carbocycles. The van der Waals surface area contributed by atoms with E-state index in [1.54, 1.807) is 0 Å². The van der Waals surface area contributed by atoms with E-state index in [1.165, 1.54) is 24.5 Å². The van der Waals surface area contributed by atoms with Gasteiger partial charge in [0, 0.05) is 5.02 Å². The van der Waals surface area contributed by atoms with Crippen LogP contribution < -0.4 is 5.73 Å². The predicted octanol–water partition coefficient (Wildman–Crippen LogP) is 1.84. The van der Waals surface area contributed by atoms with Gasteiger partial charge < -0.3 is 5.73 Å². The van der Waals surface area contributed by atoms with Gasteiger partial charge in [-0.25, -0.2) is 9.37 Å². The van der Waals surface area contributed by atoms with Crippen LogP contribution in [0.1, 0.15) is 17.4 Å². The molecule has 1 atom stereocenters. The highest BCUT2D eigenvalue weighted by Gasteiger charge is 2.12. The van der Waals surface area contributed by atoms with Gasteiger partial charge in [0.05, 0.1) is 6.04 Å². The van der Waals surface area contributed by atoms with E-state index in [0.29, 0.717) is 22.8 Å². The maximum atomic E-state index is 13.0. The van der Waals surface area contributed by atoms with Gasteiger partial charge in [0.1, 0.15) is 18.0 Å². The molecule has 0 spiro atoms. The normalized spacial score (nSPS) is 12.7. The fourth-order valence-electron chi connectivity index (χ4n) is 1.43. The Morgan fingerprint density at radius 1 is 1.50 bits per heavy atom. The van der Waals surface area contributed by atoms with Crippen LogP contribution in [0.2, 0.25) is 5.02 Å². The van der Waals surface area contributed by atoms with Crippen LogP contribution in [0.5, 0.6) is 0 Å². The molecule has 2 aromatic rings. The van der Waals surface area contributed by atoms with Crippen molar-refractivity contribution in [2.75, 3.05) is 0 Å². The maximum absolute atomic E-state index is 13.0. The second-order valence-electron chi connectivity index (χ2n) is 3.42. The van der Waals surface area contributed by atoms with Crippen molar-refractivity contribution in [1.29, 1.82) is 0 Å². The molecule has 0 saturated heterocycles. The minimum absolute atomic E-state index is 0.329. The van der Waals surface area contributed by atoms with Gasteiger partial charge in [0.2, 0.25) is 0 Å². The minimum Gasteiger partial charge on any atom is -0.321 e. The van der Waals surface area contributed by atoms with E-state index in [9.17, 15) is 4.39 Å². The Morgan fingerprint density at radius 2 is 2.31 bits per heavy atom. The topological polar surface area (TPSA) is 67.6 Å². The van der Waals surface area contributed by atoms with Crippen LogP contribution in [0.4, 0.5) is 4.39 Å². The molecule has 0 aliphatic carbocycles. The molecule has 16 heavy (non-hydrogen) atoms. The zero-order chi connectivity index (χ0) is 11.5. The fraction of sp³-hybridized carbons (Fsp3) is 0.200. The van der Waals surface area contributed by atoms with Crippen molar-refractivity contribution < 1.29 is 4.39 Å². The lowest BCUT2D eigenvalue weighted by Gasteiger charge is -2.09. The Balaban J connectivity index is 2.17. The van der Waals surface area contributed by atoms with E-state index < -0.39 is 0 Å². The molecule has 1 unspecified atom stereocenters. The lowest BCUT2D eigenvalue weighted by molar-refractivity contribution is 0.619. The lowest BCUT2D eigenvalue weighted by atomic mass is 10.1. The van der Waals surface area contributed by atoms with Crippen molar-refractivity contribution >= 4 is 11.6 Å². The third kappa shape index (κ3) is 2.37. The molecule has 6 heteroatoms. The summed E-state index contributed by atoms with van der Waals surface area (Å²) in [5.74, 6) is 0.226. The Labute approximate surface area is 96.6 Å². The predicted molar refractivity (Wildman–Crippen MR) is 58.4 cm³/mol. The standard InChI is InChI=1S/C10H10ClFN4/c11-8-2-1-7(12)3-6(8)4-9(13)10-14-5-15-16-10/h1-3,5,9H,4,13H2,(H,14,15,16). The minimum atomic E-state index is -0.373. The number of aromatic nitrogens is 3. The number of nitrogens with two attached hydrogens (primary N) is 1. The van der Waals surface area contributed by atoms with E-state index in [-0.39, 0.29) is 11.9 Å². The Morgan fingerprint density at radius 3 is 3.00 bits per heavy atom. The Hall–Kier alpha value is -1.46. The van der Waals surface area contributed by atoms with Gasteiger partial charge in [-0.15, -0.1) is 0 Å². The summed E-state index contributed by atoms with van der Waals surface area (Å²) < 4.78 is 13.0. The summed E-state index contributed by atoms with van der Waals surface area (Å²) >= 11 is 5.93. The smallest absolute Gasteiger partial charge is 0.141 e. The summed E-state index contributed by atoms with van der Waals surface area (Å²) in [5.41, 5.74) is 6.53. The number of nitrogens with zero attached hydrogens (tertiary/aromatic N) is 2. The summed E-state index contributed by atoms with van der Waals surface area (Å²) in [7, 11) is 0. The number of H-pyrrole nitrogens is 1. The molecule has 0 fully saturated rings. The molecule has 0 amide bonds. The van der Waals surface area contributed by atoms with E-state index >= 15 is 0 Å². The van der Waals surface area contributed by atoms with Crippen LogP contribution in [-0.4, -0.2) is 15.2 Å². The van der Waals surface area contributed by atoms with Gasteiger partial charge in [-0.2, -0.15) is 5.10 Å². The van der Waals surface area contributed by atoms with Crippen LogP contribution in [0.15, 0.2) is 24.5 Å². The first-order valence-electron chi connectivity index (χ1n) is 4.71. The molecule has 0 aliphatic rings. The van der Waals surface area contributed by atoms with Crippen molar-refractivity contribution in [3.05, 3.63) is 46.8 Å². The number of hydrogen-bond donors (Lipinski definition) is 2. The van der Waals surface area contributed by atoms with Gasteiger partial charge in [-0.05, 0) is 30.2 Å². The Bertz CT molecular complexity index is 472. The van der Waals surface area contributed by atoms with Crippen LogP contribution >= 0.6 is 11.6 Å². The van der Waals surface area contributed by atoms with Crippen molar-refractivity contribution in [3.63, 3.8) is 0 Å². The average Bonchev–Trinajstić information content (AvgIpc) is 2.76. The summed E-state index contributed by atoms with van der Waals surface area (Å²) in [6, 6.07) is 3.82. The van der Waals surface area contributed by atoms with Gasteiger partial charge in [0.15, 0.2) is 0 Å². The lowest BCUT2D eigenvalue weighted by Crippen LogP contribution is -2.15. The number of nitrogens with one attached hydrogen (secondary N) is 1. The van der Waals surface area contributed by atoms with Gasteiger partial charge in [0.25, 0.3) is 0 Å². The van der Waals surface area contributed by atoms with Crippen LogP contribution in [0, 0.1) is 5.82 Å². The molecular formula is C10H10ClFN4. The van der Waals surface area contributed by atoms with Crippen molar-refractivity contribution in [2.45, 2.75) is 12.5 Å². The number of halogens is 2. The van der Waals surface area contributed by atoms with Crippen LogP contribution in [0.3, 0.4) is 0 Å². The van der Waals surface area contributed by atoms with Crippen molar-refractivity contribution in [3.8, 4) is 0 Å². The first-order chi connectivity index (χ1) is 7.66. The number of hydrogen-bond acceptors (Lipinski definition) is 3. The highest BCUT2D eigenvalue weighted by molar-refractivity contribution is 6.31. The number of benzene rings is 1. The summed E-state index contributed by atoms with van der Waals surface area (Å²) in [4.78, 5) is 3.94. The molecule has 2 rings (SSSR count). The number of rotatable bonds is 3. The quantitative estimate of drug-likeness (QED) is 0.860. The molecule has 84 valence electrons. The van der Waals surface area contributed by atoms with Crippen LogP contribution in [0.25, 0.3) is 0 Å². The molecule has 0 aliphatic heterocycles. The summed E-state index contributed by atoms with van der Waals surface area (Å²) in [5, 5.41) is 6.87. The van der Waals surface area contributed by atoms with Gasteiger partial charge in [-0.3, -0.25) is 5.10 Å². The highest BCUT2D eigenvalue weighted by atomic mass is 35.5. The molecule has 0 radical (unpaired) electrons. The molecule has 3 N–H and O–H groups in total. The SMILES string of the molecule is NC(Cc1cc(F)ccc1Cl)c1ncn[nH]1. The van der Waals surface area contributed by atoms with Crippen molar-refractivity contribution in [1.82, 2.24) is 15.2 Å². The molecule has 0 bridgehead atoms. The monoisotopic (exact) mass is 240 g/mol. The third-order valence-electron chi connectivity index (χ3n) is 2.23. The highest BCUT2D eigenvalue weighted by Crippen LogP contribution is 2.21. The first kappa shape index (κ1) is 11.0. The molecule has 1 aromatic heterocycles. The third-order valence-corrected chi connectivity index (χ3v) is 2.60. The van der Waals surface area contributed by atoms with E-state index in [4.69, 9.17) is 17.3 Å². The zero-order valence-electron chi connectivity index (χ0n) is 8.32. The Kier molecular flexibility index (Phi) is 3.17. The van der Waals surface area contributed by atoms with Crippen molar-refractivity contribution in [2.24, 2.45) is 5.73 Å². The van der Waals surface area contributed by atoms with E-state index in [1.807, 2.05) is 0 Å². The van der Waals surface area contributed by atoms with E-state index in [0.717, 1.165) is 0 Å². The fourth-order valence-corrected chi connectivity index (χ4v) is 1.62. The second-order valence-corrected chi connectivity index (χ2v) is 3.82. The van der Waals surface area contributed by atoms with Gasteiger partial charge in [-0.1, -0.05) is 11.6 Å². The zero-order valence-corrected chi connectivity index (χ0v) is 9.08. The maximum Gasteiger partial charge on any atom is 0.141 e. The summed E-state index contributed by atoms with van der Waals surface area (Å²) in [6.07, 6.45) is 1.79. The van der Waals surface area contributed by atoms with E-state index in [2.05, 4.69) is 15.2 Å². The summed E-state index contributed by atoms with van der Waals surface area (Å²) in [6.45, 7) is 0. The molecule has 1 aromatic carbocycles. The largest absolute Gasteiger partial charge is 0.321 e. The number of aromatic amines is 1.